The van der Waals surface area contributed by atoms with Crippen LogP contribution in [0.2, 0.25) is 0 Å². The summed E-state index contributed by atoms with van der Waals surface area (Å²) in [6.07, 6.45) is 7.34. The van der Waals surface area contributed by atoms with Gasteiger partial charge in [0.25, 0.3) is 0 Å². The third-order valence-electron chi connectivity index (χ3n) is 4.50. The Morgan fingerprint density at radius 2 is 2.00 bits per heavy atom. The minimum Gasteiger partial charge on any atom is -0.481 e. The molecule has 0 spiro atoms. The molecule has 6 nitrogen and oxygen atoms in total. The number of nitrogens with one attached hydrogen (secondary N) is 1. The average Bonchev–Trinajstić information content (AvgIpc) is 2.75. The summed E-state index contributed by atoms with van der Waals surface area (Å²) in [6.45, 7) is 0. The first-order valence-electron chi connectivity index (χ1n) is 6.89. The van der Waals surface area contributed by atoms with E-state index in [-0.39, 0.29) is 24.3 Å². The lowest BCUT2D eigenvalue weighted by atomic mass is 9.71. The van der Waals surface area contributed by atoms with Crippen LogP contribution < -0.4 is 5.32 Å². The number of carboxylic acid groups (broad SMARTS) is 1. The Balaban J connectivity index is 1.51. The molecular formula is C14H17N3O3. The standard InChI is InChI=1S/C14H17N3O3/c18-13(1-8-5-15-7-16-6-8)17-12-4-9-2-10(14(19)20)3-11(9)12/h5-7,9-12H,1-4H2,(H,17,18)(H,19,20)/t9-,10?,11-,12-/m1/s1. The largest absolute Gasteiger partial charge is 0.481 e. The second-order valence-electron chi connectivity index (χ2n) is 5.76. The third kappa shape index (κ3) is 2.50. The summed E-state index contributed by atoms with van der Waals surface area (Å²) in [5.41, 5.74) is 0.788. The highest BCUT2D eigenvalue weighted by molar-refractivity contribution is 5.79. The van der Waals surface area contributed by atoms with Crippen LogP contribution in [0.15, 0.2) is 18.7 Å². The fourth-order valence-electron chi connectivity index (χ4n) is 3.46. The molecule has 0 aromatic carbocycles. The predicted octanol–water partition coefficient (Wildman–Crippen LogP) is 0.635. The van der Waals surface area contributed by atoms with Crippen LogP contribution in [-0.4, -0.2) is 33.0 Å². The zero-order valence-electron chi connectivity index (χ0n) is 11.0. The molecule has 4 atom stereocenters. The van der Waals surface area contributed by atoms with Gasteiger partial charge in [-0.2, -0.15) is 0 Å². The summed E-state index contributed by atoms with van der Waals surface area (Å²) < 4.78 is 0. The number of hydrogen-bond donors (Lipinski definition) is 2. The molecule has 0 saturated heterocycles. The van der Waals surface area contributed by atoms with Crippen molar-refractivity contribution in [2.24, 2.45) is 17.8 Å². The van der Waals surface area contributed by atoms with E-state index >= 15 is 0 Å². The second-order valence-corrected chi connectivity index (χ2v) is 5.76. The van der Waals surface area contributed by atoms with Gasteiger partial charge in [0.1, 0.15) is 6.33 Å². The average molecular weight is 275 g/mol. The van der Waals surface area contributed by atoms with Crippen LogP contribution >= 0.6 is 0 Å². The quantitative estimate of drug-likeness (QED) is 0.841. The van der Waals surface area contributed by atoms with E-state index in [0.717, 1.165) is 18.4 Å². The fraction of sp³-hybridized carbons (Fsp3) is 0.571. The minimum absolute atomic E-state index is 0.0398. The Bertz CT molecular complexity index is 520. The number of aromatic nitrogens is 2. The summed E-state index contributed by atoms with van der Waals surface area (Å²) in [4.78, 5) is 30.7. The van der Waals surface area contributed by atoms with Crippen LogP contribution in [0, 0.1) is 17.8 Å². The van der Waals surface area contributed by atoms with Crippen LogP contribution in [-0.2, 0) is 16.0 Å². The maximum atomic E-state index is 11.9. The molecule has 6 heteroatoms. The Morgan fingerprint density at radius 1 is 1.25 bits per heavy atom. The molecule has 106 valence electrons. The van der Waals surface area contributed by atoms with Crippen LogP contribution in [0.25, 0.3) is 0 Å². The van der Waals surface area contributed by atoms with E-state index in [1.165, 1.54) is 6.33 Å². The van der Waals surface area contributed by atoms with Crippen LogP contribution in [0.1, 0.15) is 24.8 Å². The zero-order valence-corrected chi connectivity index (χ0v) is 11.0. The molecule has 0 bridgehead atoms. The SMILES string of the molecule is O=C(Cc1cncnc1)N[C@@H]1C[C@H]2CC(C(=O)O)C[C@H]21. The molecule has 1 unspecified atom stereocenters. The Morgan fingerprint density at radius 3 is 2.70 bits per heavy atom. The lowest BCUT2D eigenvalue weighted by Gasteiger charge is -2.40. The molecular weight excluding hydrogens is 258 g/mol. The first kappa shape index (κ1) is 13.0. The topological polar surface area (TPSA) is 92.2 Å². The minimum atomic E-state index is -0.703. The van der Waals surface area contributed by atoms with Gasteiger partial charge in [0, 0.05) is 18.4 Å². The molecule has 2 aliphatic rings. The van der Waals surface area contributed by atoms with Gasteiger partial charge in [0.15, 0.2) is 0 Å². The van der Waals surface area contributed by atoms with E-state index in [9.17, 15) is 9.59 Å². The lowest BCUT2D eigenvalue weighted by Crippen LogP contribution is -2.50. The Labute approximate surface area is 116 Å². The molecule has 0 radical (unpaired) electrons. The van der Waals surface area contributed by atoms with Gasteiger partial charge in [-0.15, -0.1) is 0 Å². The number of nitrogens with zero attached hydrogens (tertiary/aromatic N) is 2. The van der Waals surface area contributed by atoms with E-state index in [4.69, 9.17) is 5.11 Å². The molecule has 2 N–H and O–H groups in total. The molecule has 1 heterocycles. The molecule has 1 amide bonds. The normalized spacial score (nSPS) is 31.2. The smallest absolute Gasteiger partial charge is 0.306 e. The van der Waals surface area contributed by atoms with Crippen molar-refractivity contribution in [3.05, 3.63) is 24.3 Å². The first-order valence-corrected chi connectivity index (χ1v) is 6.89. The van der Waals surface area contributed by atoms with Crippen molar-refractivity contribution in [2.45, 2.75) is 31.7 Å². The number of amides is 1. The molecule has 2 aliphatic carbocycles. The number of carbonyl (C=O) groups excluding carboxylic acids is 1. The predicted molar refractivity (Wildman–Crippen MR) is 69.6 cm³/mol. The van der Waals surface area contributed by atoms with Gasteiger partial charge in [0.2, 0.25) is 5.91 Å². The van der Waals surface area contributed by atoms with Gasteiger partial charge >= 0.3 is 5.97 Å². The first-order chi connectivity index (χ1) is 9.63. The summed E-state index contributed by atoms with van der Waals surface area (Å²) in [5, 5.41) is 12.0. The molecule has 1 aromatic rings. The highest BCUT2D eigenvalue weighted by atomic mass is 16.4. The fourth-order valence-corrected chi connectivity index (χ4v) is 3.46. The monoisotopic (exact) mass is 275 g/mol. The van der Waals surface area contributed by atoms with Gasteiger partial charge in [-0.25, -0.2) is 9.97 Å². The molecule has 0 aliphatic heterocycles. The van der Waals surface area contributed by atoms with E-state index in [2.05, 4.69) is 15.3 Å². The van der Waals surface area contributed by atoms with Gasteiger partial charge in [-0.1, -0.05) is 0 Å². The van der Waals surface area contributed by atoms with Crippen molar-refractivity contribution in [2.75, 3.05) is 0 Å². The van der Waals surface area contributed by atoms with Crippen LogP contribution in [0.3, 0.4) is 0 Å². The number of carbonyl (C=O) groups is 2. The highest BCUT2D eigenvalue weighted by Gasteiger charge is 2.49. The number of rotatable bonds is 4. The van der Waals surface area contributed by atoms with E-state index in [1.807, 2.05) is 0 Å². The van der Waals surface area contributed by atoms with Gasteiger partial charge in [-0.05, 0) is 36.7 Å². The number of aliphatic carboxylic acids is 1. The van der Waals surface area contributed by atoms with Crippen molar-refractivity contribution in [3.63, 3.8) is 0 Å². The molecule has 1 aromatic heterocycles. The maximum Gasteiger partial charge on any atom is 0.306 e. The van der Waals surface area contributed by atoms with E-state index < -0.39 is 5.97 Å². The van der Waals surface area contributed by atoms with Crippen molar-refractivity contribution in [1.29, 1.82) is 0 Å². The zero-order chi connectivity index (χ0) is 14.1. The highest BCUT2D eigenvalue weighted by Crippen LogP contribution is 2.49. The number of fused-ring (bicyclic) bond motifs is 1. The van der Waals surface area contributed by atoms with Gasteiger partial charge in [-0.3, -0.25) is 9.59 Å². The van der Waals surface area contributed by atoms with Crippen LogP contribution in [0.4, 0.5) is 0 Å². The Kier molecular flexibility index (Phi) is 3.38. The summed E-state index contributed by atoms with van der Waals surface area (Å²) >= 11 is 0. The van der Waals surface area contributed by atoms with E-state index in [1.54, 1.807) is 12.4 Å². The van der Waals surface area contributed by atoms with Crippen molar-refractivity contribution in [1.82, 2.24) is 15.3 Å². The van der Waals surface area contributed by atoms with Crippen molar-refractivity contribution in [3.8, 4) is 0 Å². The van der Waals surface area contributed by atoms with Gasteiger partial charge in [0.05, 0.1) is 12.3 Å². The summed E-state index contributed by atoms with van der Waals surface area (Å²) in [5.74, 6) is -0.157. The number of carboxylic acids is 1. The van der Waals surface area contributed by atoms with Crippen molar-refractivity contribution >= 4 is 11.9 Å². The van der Waals surface area contributed by atoms with E-state index in [0.29, 0.717) is 18.3 Å². The summed E-state index contributed by atoms with van der Waals surface area (Å²) in [7, 11) is 0. The number of hydrogen-bond acceptors (Lipinski definition) is 4. The molecule has 20 heavy (non-hydrogen) atoms. The van der Waals surface area contributed by atoms with Crippen LogP contribution in [0.5, 0.6) is 0 Å². The Hall–Kier alpha value is -1.98. The summed E-state index contributed by atoms with van der Waals surface area (Å²) in [6, 6.07) is 0.140. The molecule has 2 fully saturated rings. The molecule has 3 rings (SSSR count). The van der Waals surface area contributed by atoms with Gasteiger partial charge < -0.3 is 10.4 Å². The lowest BCUT2D eigenvalue weighted by molar-refractivity contribution is -0.141. The van der Waals surface area contributed by atoms with Crippen molar-refractivity contribution < 1.29 is 14.7 Å². The maximum absolute atomic E-state index is 11.9. The second kappa shape index (κ2) is 5.19. The molecule has 2 saturated carbocycles. The third-order valence-corrected chi connectivity index (χ3v) is 4.50.